The van der Waals surface area contributed by atoms with Gasteiger partial charge in [-0.15, -0.1) is 0 Å². The van der Waals surface area contributed by atoms with Crippen molar-refractivity contribution in [3.05, 3.63) is 71.6 Å². The van der Waals surface area contributed by atoms with E-state index < -0.39 is 11.7 Å². The number of carbonyl (C=O) groups is 1. The van der Waals surface area contributed by atoms with Gasteiger partial charge in [0.25, 0.3) is 0 Å². The van der Waals surface area contributed by atoms with Gasteiger partial charge < -0.3 is 5.32 Å². The van der Waals surface area contributed by atoms with Crippen molar-refractivity contribution >= 4 is 23.4 Å². The third-order valence-corrected chi connectivity index (χ3v) is 3.46. The number of benzene rings is 2. The number of para-hydroxylation sites is 1. The highest BCUT2D eigenvalue weighted by Crippen LogP contribution is 2.30. The summed E-state index contributed by atoms with van der Waals surface area (Å²) in [6.45, 7) is 0. The van der Waals surface area contributed by atoms with E-state index >= 15 is 0 Å². The van der Waals surface area contributed by atoms with Crippen molar-refractivity contribution in [1.29, 1.82) is 0 Å². The zero-order valence-electron chi connectivity index (χ0n) is 11.3. The molecule has 0 saturated heterocycles. The molecule has 0 spiro atoms. The minimum atomic E-state index is -4.34. The predicted molar refractivity (Wildman–Crippen MR) is 81.5 cm³/mol. The quantitative estimate of drug-likeness (QED) is 0.637. The molecule has 2 rings (SSSR count). The Bertz CT molecular complexity index is 651. The minimum absolute atomic E-state index is 0.300. The summed E-state index contributed by atoms with van der Waals surface area (Å²) in [5, 5.41) is 4.20. The number of rotatable bonds is 4. The Labute approximate surface area is 130 Å². The summed E-state index contributed by atoms with van der Waals surface area (Å²) in [7, 11) is 0. The van der Waals surface area contributed by atoms with E-state index in [4.69, 9.17) is 0 Å². The van der Waals surface area contributed by atoms with Crippen molar-refractivity contribution in [2.24, 2.45) is 0 Å². The van der Waals surface area contributed by atoms with E-state index in [0.717, 1.165) is 12.1 Å². The molecule has 0 fully saturated rings. The molecule has 1 N–H and O–H groups in total. The van der Waals surface area contributed by atoms with Crippen LogP contribution in [0.1, 0.15) is 5.56 Å². The number of amides is 1. The minimum Gasteiger partial charge on any atom is -0.322 e. The zero-order valence-corrected chi connectivity index (χ0v) is 12.1. The van der Waals surface area contributed by atoms with Crippen LogP contribution in [0.25, 0.3) is 0 Å². The Kier molecular flexibility index (Phi) is 5.27. The van der Waals surface area contributed by atoms with Gasteiger partial charge in [-0.1, -0.05) is 30.0 Å². The largest absolute Gasteiger partial charge is 0.416 e. The standard InChI is InChI=1S/C16H12F3NOS/c17-16(18,19)12-6-8-14(9-7-12)22-11-10-15(21)20-13-4-2-1-3-5-13/h1-11H,(H,20,21). The Morgan fingerprint density at radius 2 is 1.64 bits per heavy atom. The van der Waals surface area contributed by atoms with E-state index in [-0.39, 0.29) is 5.91 Å². The van der Waals surface area contributed by atoms with Crippen LogP contribution in [0.4, 0.5) is 18.9 Å². The fourth-order valence-electron chi connectivity index (χ4n) is 1.60. The van der Waals surface area contributed by atoms with E-state index in [9.17, 15) is 18.0 Å². The maximum Gasteiger partial charge on any atom is 0.416 e. The summed E-state index contributed by atoms with van der Waals surface area (Å²) >= 11 is 1.17. The third kappa shape index (κ3) is 4.96. The predicted octanol–water partition coefficient (Wildman–Crippen LogP) is 4.95. The van der Waals surface area contributed by atoms with Gasteiger partial charge in [-0.05, 0) is 41.8 Å². The molecule has 0 radical (unpaired) electrons. The van der Waals surface area contributed by atoms with Gasteiger partial charge in [0, 0.05) is 16.7 Å². The van der Waals surface area contributed by atoms with E-state index in [1.54, 1.807) is 24.3 Å². The summed E-state index contributed by atoms with van der Waals surface area (Å²) in [4.78, 5) is 12.3. The topological polar surface area (TPSA) is 29.1 Å². The van der Waals surface area contributed by atoms with E-state index in [1.165, 1.54) is 35.4 Å². The van der Waals surface area contributed by atoms with Crippen LogP contribution in [0, 0.1) is 0 Å². The van der Waals surface area contributed by atoms with E-state index in [2.05, 4.69) is 5.32 Å². The van der Waals surface area contributed by atoms with Crippen molar-refractivity contribution in [2.45, 2.75) is 11.1 Å². The Balaban J connectivity index is 1.88. The number of halogens is 3. The molecule has 2 nitrogen and oxygen atoms in total. The second-order valence-corrected chi connectivity index (χ2v) is 5.28. The molecule has 22 heavy (non-hydrogen) atoms. The molecule has 2 aromatic rings. The van der Waals surface area contributed by atoms with Crippen molar-refractivity contribution in [2.75, 3.05) is 5.32 Å². The lowest BCUT2D eigenvalue weighted by atomic mass is 10.2. The molecule has 0 saturated carbocycles. The Morgan fingerprint density at radius 1 is 1.00 bits per heavy atom. The maximum atomic E-state index is 12.4. The number of nitrogens with one attached hydrogen (secondary N) is 1. The van der Waals surface area contributed by atoms with Crippen LogP contribution >= 0.6 is 11.8 Å². The summed E-state index contributed by atoms with van der Waals surface area (Å²) in [5.41, 5.74) is -0.0145. The first-order chi connectivity index (χ1) is 10.4. The van der Waals surface area contributed by atoms with Gasteiger partial charge in [0.15, 0.2) is 0 Å². The first-order valence-electron chi connectivity index (χ1n) is 6.31. The van der Waals surface area contributed by atoms with Crippen LogP contribution < -0.4 is 5.32 Å². The van der Waals surface area contributed by atoms with Crippen molar-refractivity contribution in [3.8, 4) is 0 Å². The molecule has 0 atom stereocenters. The molecule has 0 aliphatic rings. The zero-order chi connectivity index (χ0) is 16.0. The van der Waals surface area contributed by atoms with Crippen molar-refractivity contribution in [1.82, 2.24) is 0 Å². The number of thioether (sulfide) groups is 1. The smallest absolute Gasteiger partial charge is 0.322 e. The second kappa shape index (κ2) is 7.17. The van der Waals surface area contributed by atoms with Crippen LogP contribution in [-0.4, -0.2) is 5.91 Å². The molecule has 1 amide bonds. The van der Waals surface area contributed by atoms with Gasteiger partial charge in [-0.2, -0.15) is 13.2 Å². The van der Waals surface area contributed by atoms with E-state index in [1.807, 2.05) is 6.07 Å². The molecule has 0 aromatic heterocycles. The molecule has 0 bridgehead atoms. The van der Waals surface area contributed by atoms with Crippen LogP contribution in [0.3, 0.4) is 0 Å². The number of hydrogen-bond donors (Lipinski definition) is 1. The second-order valence-electron chi connectivity index (χ2n) is 4.30. The lowest BCUT2D eigenvalue weighted by molar-refractivity contribution is -0.137. The lowest BCUT2D eigenvalue weighted by Crippen LogP contribution is -2.07. The molecular formula is C16H12F3NOS. The van der Waals surface area contributed by atoms with Gasteiger partial charge in [-0.3, -0.25) is 4.79 Å². The fourth-order valence-corrected chi connectivity index (χ4v) is 2.24. The van der Waals surface area contributed by atoms with Crippen LogP contribution in [0.5, 0.6) is 0 Å². The molecule has 0 unspecified atom stereocenters. The lowest BCUT2D eigenvalue weighted by Gasteiger charge is -2.06. The fraction of sp³-hybridized carbons (Fsp3) is 0.0625. The Morgan fingerprint density at radius 3 is 2.23 bits per heavy atom. The molecule has 0 aliphatic heterocycles. The molecule has 0 aliphatic carbocycles. The first kappa shape index (κ1) is 16.2. The van der Waals surface area contributed by atoms with Crippen molar-refractivity contribution < 1.29 is 18.0 Å². The normalized spacial score (nSPS) is 11.6. The van der Waals surface area contributed by atoms with Gasteiger partial charge in [0.2, 0.25) is 5.91 Å². The number of carbonyl (C=O) groups excluding carboxylic acids is 1. The van der Waals surface area contributed by atoms with Crippen molar-refractivity contribution in [3.63, 3.8) is 0 Å². The molecule has 2 aromatic carbocycles. The van der Waals surface area contributed by atoms with Crippen LogP contribution in [-0.2, 0) is 11.0 Å². The summed E-state index contributed by atoms with van der Waals surface area (Å²) < 4.78 is 37.2. The van der Waals surface area contributed by atoms with E-state index in [0.29, 0.717) is 10.6 Å². The highest BCUT2D eigenvalue weighted by molar-refractivity contribution is 8.02. The molecule has 6 heteroatoms. The van der Waals surface area contributed by atoms with Gasteiger partial charge in [0.1, 0.15) is 0 Å². The Hall–Kier alpha value is -2.21. The summed E-state index contributed by atoms with van der Waals surface area (Å²) in [6, 6.07) is 13.7. The molecule has 0 heterocycles. The van der Waals surface area contributed by atoms with Crippen LogP contribution in [0.2, 0.25) is 0 Å². The average molecular weight is 323 g/mol. The highest BCUT2D eigenvalue weighted by atomic mass is 32.2. The van der Waals surface area contributed by atoms with Crippen LogP contribution in [0.15, 0.2) is 71.0 Å². The summed E-state index contributed by atoms with van der Waals surface area (Å²) in [5.74, 6) is -0.300. The van der Waals surface area contributed by atoms with Gasteiger partial charge in [-0.25, -0.2) is 0 Å². The SMILES string of the molecule is O=C(C=CSc1ccc(C(F)(F)F)cc1)Nc1ccccc1. The number of alkyl halides is 3. The number of anilines is 1. The van der Waals surface area contributed by atoms with Gasteiger partial charge >= 0.3 is 6.18 Å². The number of hydrogen-bond acceptors (Lipinski definition) is 2. The maximum absolute atomic E-state index is 12.4. The first-order valence-corrected chi connectivity index (χ1v) is 7.19. The average Bonchev–Trinajstić information content (AvgIpc) is 2.48. The third-order valence-electron chi connectivity index (χ3n) is 2.65. The highest BCUT2D eigenvalue weighted by Gasteiger charge is 2.29. The van der Waals surface area contributed by atoms with Gasteiger partial charge in [0.05, 0.1) is 5.56 Å². The molecule has 114 valence electrons. The molecular weight excluding hydrogens is 311 g/mol. The summed E-state index contributed by atoms with van der Waals surface area (Å²) in [6.07, 6.45) is -3.01. The monoisotopic (exact) mass is 323 g/mol.